The van der Waals surface area contributed by atoms with Gasteiger partial charge in [-0.2, -0.15) is 0 Å². The second-order valence-corrected chi connectivity index (χ2v) is 11.9. The second-order valence-electron chi connectivity index (χ2n) is 9.23. The standard InChI is InChI=1S/C26H31ClFN3O3S2/c1-34-19-3-5-23-20(12-19)26(21(27)13-30-23)22(29)4-2-16-6-7-31(14-17(16)10-24(32)33)8-9-35-25-11-18(28)15-36-25/h3,5,11-13,15-17,22H,2,4,6-10,14,29H2,1H3,(H,32,33)/t16?,17?,22-/m1/s1. The number of fused-ring (bicyclic) bond motifs is 1. The Hall–Kier alpha value is -1.91. The van der Waals surface area contributed by atoms with E-state index < -0.39 is 5.97 Å². The van der Waals surface area contributed by atoms with E-state index in [2.05, 4.69) is 9.88 Å². The summed E-state index contributed by atoms with van der Waals surface area (Å²) in [6, 6.07) is 6.94. The first-order valence-corrected chi connectivity index (χ1v) is 14.3. The fourth-order valence-corrected chi connectivity index (χ4v) is 7.23. The van der Waals surface area contributed by atoms with Crippen LogP contribution in [0.15, 0.2) is 40.1 Å². The number of carboxylic acid groups (broad SMARTS) is 1. The fraction of sp³-hybridized carbons (Fsp3) is 0.462. The highest BCUT2D eigenvalue weighted by Gasteiger charge is 2.31. The highest BCUT2D eigenvalue weighted by atomic mass is 35.5. The molecule has 36 heavy (non-hydrogen) atoms. The molecule has 2 unspecified atom stereocenters. The topological polar surface area (TPSA) is 88.7 Å². The molecule has 0 spiro atoms. The van der Waals surface area contributed by atoms with Crippen LogP contribution in [0.3, 0.4) is 0 Å². The fourth-order valence-electron chi connectivity index (χ4n) is 5.05. The molecule has 6 nitrogen and oxygen atoms in total. The molecule has 1 aliphatic heterocycles. The molecular weight excluding hydrogens is 521 g/mol. The number of likely N-dealkylation sites (tertiary alicyclic amines) is 1. The molecule has 0 aliphatic carbocycles. The number of pyridine rings is 1. The number of methoxy groups -OCH3 is 1. The van der Waals surface area contributed by atoms with E-state index in [1.54, 1.807) is 31.1 Å². The highest BCUT2D eigenvalue weighted by Crippen LogP contribution is 2.37. The van der Waals surface area contributed by atoms with E-state index in [-0.39, 0.29) is 30.1 Å². The molecule has 3 aromatic rings. The quantitative estimate of drug-likeness (QED) is 0.279. The minimum absolute atomic E-state index is 0.0670. The number of halogens is 2. The van der Waals surface area contributed by atoms with Crippen LogP contribution in [0, 0.1) is 17.7 Å². The lowest BCUT2D eigenvalue weighted by Gasteiger charge is -2.38. The Morgan fingerprint density at radius 3 is 2.97 bits per heavy atom. The normalized spacial score (nSPS) is 19.4. The zero-order valence-corrected chi connectivity index (χ0v) is 22.5. The van der Waals surface area contributed by atoms with Crippen LogP contribution >= 0.6 is 34.7 Å². The van der Waals surface area contributed by atoms with E-state index in [0.29, 0.717) is 11.4 Å². The van der Waals surface area contributed by atoms with Gasteiger partial charge in [0.1, 0.15) is 11.6 Å². The molecular formula is C26H31ClFN3O3S2. The van der Waals surface area contributed by atoms with E-state index in [1.165, 1.54) is 16.7 Å². The lowest BCUT2D eigenvalue weighted by atomic mass is 9.79. The number of aliphatic carboxylic acids is 1. The molecule has 0 saturated carbocycles. The van der Waals surface area contributed by atoms with Crippen LogP contribution in [0.25, 0.3) is 10.9 Å². The first-order valence-electron chi connectivity index (χ1n) is 12.0. The van der Waals surface area contributed by atoms with Crippen LogP contribution in [0.5, 0.6) is 5.75 Å². The highest BCUT2D eigenvalue weighted by molar-refractivity contribution is 8.01. The molecule has 194 valence electrons. The molecule has 0 amide bonds. The molecule has 3 atom stereocenters. The minimum Gasteiger partial charge on any atom is -0.497 e. The van der Waals surface area contributed by atoms with E-state index in [0.717, 1.165) is 64.7 Å². The number of benzene rings is 1. The van der Waals surface area contributed by atoms with Crippen molar-refractivity contribution in [2.75, 3.05) is 32.5 Å². The number of piperidine rings is 1. The van der Waals surface area contributed by atoms with Gasteiger partial charge in [-0.3, -0.25) is 9.78 Å². The third-order valence-electron chi connectivity index (χ3n) is 6.89. The molecule has 3 N–H and O–H groups in total. The van der Waals surface area contributed by atoms with Gasteiger partial charge in [-0.15, -0.1) is 23.1 Å². The van der Waals surface area contributed by atoms with Gasteiger partial charge in [0.15, 0.2) is 0 Å². The summed E-state index contributed by atoms with van der Waals surface area (Å²) < 4.78 is 19.6. The number of thioether (sulfide) groups is 1. The second kappa shape index (κ2) is 12.6. The Morgan fingerprint density at radius 1 is 1.42 bits per heavy atom. The van der Waals surface area contributed by atoms with Gasteiger partial charge in [0.2, 0.25) is 0 Å². The molecule has 4 rings (SSSR count). The minimum atomic E-state index is -0.769. The third-order valence-corrected chi connectivity index (χ3v) is 9.32. The Morgan fingerprint density at radius 2 is 2.25 bits per heavy atom. The average Bonchev–Trinajstić information content (AvgIpc) is 3.27. The number of nitrogens with two attached hydrogens (primary N) is 1. The smallest absolute Gasteiger partial charge is 0.303 e. The largest absolute Gasteiger partial charge is 0.497 e. The number of ether oxygens (including phenoxy) is 1. The van der Waals surface area contributed by atoms with Crippen molar-refractivity contribution in [3.63, 3.8) is 0 Å². The van der Waals surface area contributed by atoms with Crippen molar-refractivity contribution in [2.45, 2.75) is 35.9 Å². The van der Waals surface area contributed by atoms with Gasteiger partial charge in [-0.05, 0) is 67.5 Å². The van der Waals surface area contributed by atoms with Crippen LogP contribution in [0.4, 0.5) is 4.39 Å². The van der Waals surface area contributed by atoms with Crippen molar-refractivity contribution >= 4 is 51.6 Å². The van der Waals surface area contributed by atoms with Crippen molar-refractivity contribution in [3.8, 4) is 5.75 Å². The van der Waals surface area contributed by atoms with E-state index in [1.807, 2.05) is 18.2 Å². The monoisotopic (exact) mass is 551 g/mol. The maximum absolute atomic E-state index is 13.2. The first kappa shape index (κ1) is 27.1. The van der Waals surface area contributed by atoms with Crippen molar-refractivity contribution in [2.24, 2.45) is 17.6 Å². The molecule has 1 saturated heterocycles. The maximum atomic E-state index is 13.2. The number of aromatic nitrogens is 1. The van der Waals surface area contributed by atoms with Gasteiger partial charge in [0.05, 0.1) is 21.9 Å². The Bertz CT molecular complexity index is 1190. The lowest BCUT2D eigenvalue weighted by Crippen LogP contribution is -2.42. The molecule has 0 bridgehead atoms. The average molecular weight is 552 g/mol. The summed E-state index contributed by atoms with van der Waals surface area (Å²) in [5.41, 5.74) is 8.33. The van der Waals surface area contributed by atoms with Crippen LogP contribution in [-0.4, -0.2) is 53.5 Å². The van der Waals surface area contributed by atoms with Gasteiger partial charge in [-0.25, -0.2) is 4.39 Å². The Kier molecular flexibility index (Phi) is 9.47. The van der Waals surface area contributed by atoms with E-state index in [9.17, 15) is 14.3 Å². The predicted molar refractivity (Wildman–Crippen MR) is 145 cm³/mol. The van der Waals surface area contributed by atoms with Gasteiger partial charge >= 0.3 is 5.97 Å². The summed E-state index contributed by atoms with van der Waals surface area (Å²) in [5.74, 6) is 0.961. The van der Waals surface area contributed by atoms with Crippen LogP contribution in [0.2, 0.25) is 5.02 Å². The zero-order valence-electron chi connectivity index (χ0n) is 20.2. The number of thiophene rings is 1. The summed E-state index contributed by atoms with van der Waals surface area (Å²) in [6.07, 6.45) is 4.26. The van der Waals surface area contributed by atoms with E-state index >= 15 is 0 Å². The van der Waals surface area contributed by atoms with Crippen LogP contribution < -0.4 is 10.5 Å². The van der Waals surface area contributed by atoms with Crippen molar-refractivity contribution < 1.29 is 19.0 Å². The number of hydrogen-bond donors (Lipinski definition) is 2. The number of carboxylic acids is 1. The molecule has 10 heteroatoms. The summed E-state index contributed by atoms with van der Waals surface area (Å²) in [6.45, 7) is 2.53. The molecule has 3 heterocycles. The molecule has 1 aliphatic rings. The Labute approximate surface area is 224 Å². The number of hydrogen-bond acceptors (Lipinski definition) is 7. The van der Waals surface area contributed by atoms with Crippen LogP contribution in [0.1, 0.15) is 37.3 Å². The van der Waals surface area contributed by atoms with Crippen LogP contribution in [-0.2, 0) is 4.79 Å². The maximum Gasteiger partial charge on any atom is 0.303 e. The Balaban J connectivity index is 1.38. The third kappa shape index (κ3) is 6.89. The first-order chi connectivity index (χ1) is 17.3. The summed E-state index contributed by atoms with van der Waals surface area (Å²) in [5, 5.41) is 12.5. The number of nitrogens with zero attached hydrogens (tertiary/aromatic N) is 2. The van der Waals surface area contributed by atoms with Crippen molar-refractivity contribution in [1.82, 2.24) is 9.88 Å². The zero-order chi connectivity index (χ0) is 25.7. The number of rotatable bonds is 11. The SMILES string of the molecule is COc1ccc2ncc(Cl)c([C@H](N)CCC3CCN(CCSc4cc(F)cs4)CC3CC(=O)O)c2c1. The lowest BCUT2D eigenvalue weighted by molar-refractivity contribution is -0.139. The molecule has 1 aromatic carbocycles. The molecule has 1 fully saturated rings. The van der Waals surface area contributed by atoms with E-state index in [4.69, 9.17) is 22.1 Å². The van der Waals surface area contributed by atoms with Gasteiger partial charge < -0.3 is 20.5 Å². The van der Waals surface area contributed by atoms with Gasteiger partial charge in [0, 0.05) is 48.3 Å². The van der Waals surface area contributed by atoms with Gasteiger partial charge in [-0.1, -0.05) is 11.6 Å². The number of carbonyl (C=O) groups is 1. The summed E-state index contributed by atoms with van der Waals surface area (Å²) in [4.78, 5) is 18.4. The van der Waals surface area contributed by atoms with Crippen molar-refractivity contribution in [1.29, 1.82) is 0 Å². The van der Waals surface area contributed by atoms with Gasteiger partial charge in [0.25, 0.3) is 0 Å². The summed E-state index contributed by atoms with van der Waals surface area (Å²) >= 11 is 9.60. The summed E-state index contributed by atoms with van der Waals surface area (Å²) in [7, 11) is 1.62. The molecule has 2 aromatic heterocycles. The predicted octanol–water partition coefficient (Wildman–Crippen LogP) is 6.08. The van der Waals surface area contributed by atoms with Crippen molar-refractivity contribution in [3.05, 3.63) is 52.2 Å². The molecule has 0 radical (unpaired) electrons.